The first kappa shape index (κ1) is 8.49. The Morgan fingerprint density at radius 1 is 1.14 bits per heavy atom. The van der Waals surface area contributed by atoms with Crippen LogP contribution in [0.1, 0.15) is 17.0 Å². The fourth-order valence-corrected chi connectivity index (χ4v) is 3.05. The lowest BCUT2D eigenvalue weighted by Gasteiger charge is -2.06. The highest BCUT2D eigenvalue weighted by molar-refractivity contribution is 9.09. The van der Waals surface area contributed by atoms with Crippen molar-refractivity contribution in [3.8, 4) is 0 Å². The van der Waals surface area contributed by atoms with Crippen molar-refractivity contribution < 1.29 is 0 Å². The lowest BCUT2D eigenvalue weighted by atomic mass is 10.0. The van der Waals surface area contributed by atoms with E-state index in [1.807, 2.05) is 0 Å². The van der Waals surface area contributed by atoms with Crippen LogP contribution in [0.25, 0.3) is 10.8 Å². The summed E-state index contributed by atoms with van der Waals surface area (Å²) in [6.45, 7) is 0. The largest absolute Gasteiger partial charge is 0.0921 e. The molecule has 0 nitrogen and oxygen atoms in total. The Kier molecular flexibility index (Phi) is 1.88. The van der Waals surface area contributed by atoms with E-state index >= 15 is 0 Å². The second-order valence-corrected chi connectivity index (χ2v) is 4.57. The summed E-state index contributed by atoms with van der Waals surface area (Å²) in [4.78, 5) is 0. The summed E-state index contributed by atoms with van der Waals surface area (Å²) in [5.41, 5.74) is 3.04. The van der Waals surface area contributed by atoms with Gasteiger partial charge in [-0.1, -0.05) is 52.3 Å². The predicted octanol–water partition coefficient (Wildman–Crippen LogP) is 3.87. The fourth-order valence-electron chi connectivity index (χ4n) is 2.47. The van der Waals surface area contributed by atoms with Crippen LogP contribution in [0, 0.1) is 0 Å². The van der Waals surface area contributed by atoms with Crippen molar-refractivity contribution in [2.45, 2.75) is 12.3 Å². The van der Waals surface area contributed by atoms with Crippen molar-refractivity contribution in [1.82, 2.24) is 0 Å². The van der Waals surface area contributed by atoms with Crippen LogP contribution in [0.15, 0.2) is 36.4 Å². The Labute approximate surface area is 92.1 Å². The molecular weight excluding hydrogens is 236 g/mol. The number of hydrogen-bond acceptors (Lipinski definition) is 0. The molecule has 1 aliphatic carbocycles. The molecule has 1 aliphatic rings. The first-order chi connectivity index (χ1) is 6.90. The standard InChI is InChI=1S/C13H11Br/c14-8-11-7-10-5-1-3-9-4-2-6-12(11)13(9)10/h1-6,11H,7-8H2. The zero-order chi connectivity index (χ0) is 9.54. The summed E-state index contributed by atoms with van der Waals surface area (Å²) >= 11 is 3.60. The summed E-state index contributed by atoms with van der Waals surface area (Å²) in [6, 6.07) is 13.3. The molecule has 0 saturated heterocycles. The third-order valence-corrected chi connectivity index (χ3v) is 3.90. The minimum absolute atomic E-state index is 0.677. The molecule has 0 aromatic heterocycles. The zero-order valence-electron chi connectivity index (χ0n) is 7.83. The molecule has 0 heterocycles. The van der Waals surface area contributed by atoms with E-state index in [2.05, 4.69) is 52.3 Å². The van der Waals surface area contributed by atoms with Gasteiger partial charge in [0.15, 0.2) is 0 Å². The maximum atomic E-state index is 3.60. The Balaban J connectivity index is 2.38. The highest BCUT2D eigenvalue weighted by Crippen LogP contribution is 2.38. The van der Waals surface area contributed by atoms with Gasteiger partial charge in [0.05, 0.1) is 0 Å². The molecule has 2 aromatic carbocycles. The van der Waals surface area contributed by atoms with Crippen LogP contribution in [0.3, 0.4) is 0 Å². The van der Waals surface area contributed by atoms with Crippen LogP contribution in [-0.2, 0) is 6.42 Å². The lowest BCUT2D eigenvalue weighted by molar-refractivity contribution is 0.816. The van der Waals surface area contributed by atoms with E-state index in [9.17, 15) is 0 Å². The average Bonchev–Trinajstić information content (AvgIpc) is 2.60. The smallest absolute Gasteiger partial charge is 0.0104 e. The predicted molar refractivity (Wildman–Crippen MR) is 64.2 cm³/mol. The number of alkyl halides is 1. The summed E-state index contributed by atoms with van der Waals surface area (Å²) < 4.78 is 0. The topological polar surface area (TPSA) is 0 Å². The Bertz CT molecular complexity index is 482. The molecule has 14 heavy (non-hydrogen) atoms. The molecule has 0 spiro atoms. The van der Waals surface area contributed by atoms with Crippen LogP contribution in [0.4, 0.5) is 0 Å². The van der Waals surface area contributed by atoms with Crippen LogP contribution >= 0.6 is 15.9 Å². The van der Waals surface area contributed by atoms with Gasteiger partial charge in [0.25, 0.3) is 0 Å². The highest BCUT2D eigenvalue weighted by Gasteiger charge is 2.22. The molecule has 1 atom stereocenters. The molecule has 3 rings (SSSR count). The lowest BCUT2D eigenvalue weighted by Crippen LogP contribution is -1.96. The van der Waals surface area contributed by atoms with Gasteiger partial charge >= 0.3 is 0 Å². The minimum atomic E-state index is 0.677. The van der Waals surface area contributed by atoms with E-state index in [0.29, 0.717) is 5.92 Å². The molecule has 0 fully saturated rings. The monoisotopic (exact) mass is 246 g/mol. The number of halogens is 1. The fraction of sp³-hybridized carbons (Fsp3) is 0.231. The zero-order valence-corrected chi connectivity index (χ0v) is 9.42. The molecule has 0 bridgehead atoms. The second-order valence-electron chi connectivity index (χ2n) is 3.92. The van der Waals surface area contributed by atoms with Gasteiger partial charge in [-0.3, -0.25) is 0 Å². The van der Waals surface area contributed by atoms with Crippen LogP contribution in [0.5, 0.6) is 0 Å². The van der Waals surface area contributed by atoms with Gasteiger partial charge in [-0.05, 0) is 34.2 Å². The molecule has 0 saturated carbocycles. The second kappa shape index (κ2) is 3.09. The summed E-state index contributed by atoms with van der Waals surface area (Å²) in [5.74, 6) is 0.677. The van der Waals surface area contributed by atoms with E-state index in [0.717, 1.165) is 5.33 Å². The highest BCUT2D eigenvalue weighted by atomic mass is 79.9. The van der Waals surface area contributed by atoms with Gasteiger partial charge < -0.3 is 0 Å². The molecule has 2 aromatic rings. The van der Waals surface area contributed by atoms with Gasteiger partial charge in [-0.15, -0.1) is 0 Å². The average molecular weight is 247 g/mol. The summed E-state index contributed by atoms with van der Waals surface area (Å²) in [5, 5.41) is 3.96. The van der Waals surface area contributed by atoms with Crippen molar-refractivity contribution >= 4 is 26.7 Å². The Hall–Kier alpha value is -0.820. The molecule has 0 aliphatic heterocycles. The number of hydrogen-bond donors (Lipinski definition) is 0. The maximum absolute atomic E-state index is 3.60. The molecule has 1 heteroatoms. The van der Waals surface area contributed by atoms with Crippen LogP contribution < -0.4 is 0 Å². The van der Waals surface area contributed by atoms with E-state index in [1.54, 1.807) is 0 Å². The van der Waals surface area contributed by atoms with E-state index in [1.165, 1.54) is 28.3 Å². The normalized spacial score (nSPS) is 19.1. The van der Waals surface area contributed by atoms with E-state index in [4.69, 9.17) is 0 Å². The molecule has 1 unspecified atom stereocenters. The van der Waals surface area contributed by atoms with E-state index in [-0.39, 0.29) is 0 Å². The maximum Gasteiger partial charge on any atom is 0.0104 e. The SMILES string of the molecule is BrCC1Cc2cccc3cccc1c23. The summed E-state index contributed by atoms with van der Waals surface area (Å²) in [7, 11) is 0. The first-order valence-electron chi connectivity index (χ1n) is 4.96. The molecule has 0 N–H and O–H groups in total. The third kappa shape index (κ3) is 1.05. The third-order valence-electron chi connectivity index (χ3n) is 3.12. The Morgan fingerprint density at radius 2 is 1.93 bits per heavy atom. The van der Waals surface area contributed by atoms with Crippen LogP contribution in [0.2, 0.25) is 0 Å². The van der Waals surface area contributed by atoms with Gasteiger partial charge in [-0.25, -0.2) is 0 Å². The van der Waals surface area contributed by atoms with Gasteiger partial charge in [-0.2, -0.15) is 0 Å². The molecular formula is C13H11Br. The van der Waals surface area contributed by atoms with E-state index < -0.39 is 0 Å². The minimum Gasteiger partial charge on any atom is -0.0921 e. The van der Waals surface area contributed by atoms with Crippen molar-refractivity contribution in [2.75, 3.05) is 5.33 Å². The van der Waals surface area contributed by atoms with Crippen molar-refractivity contribution in [1.29, 1.82) is 0 Å². The molecule has 0 radical (unpaired) electrons. The molecule has 0 amide bonds. The van der Waals surface area contributed by atoms with Crippen molar-refractivity contribution in [3.05, 3.63) is 47.5 Å². The number of benzene rings is 2. The van der Waals surface area contributed by atoms with Gasteiger partial charge in [0.1, 0.15) is 0 Å². The van der Waals surface area contributed by atoms with Crippen LogP contribution in [-0.4, -0.2) is 5.33 Å². The van der Waals surface area contributed by atoms with Crippen molar-refractivity contribution in [3.63, 3.8) is 0 Å². The first-order valence-corrected chi connectivity index (χ1v) is 6.09. The quantitative estimate of drug-likeness (QED) is 0.671. The van der Waals surface area contributed by atoms with Crippen molar-refractivity contribution in [2.24, 2.45) is 0 Å². The van der Waals surface area contributed by atoms with Gasteiger partial charge in [0, 0.05) is 5.33 Å². The summed E-state index contributed by atoms with van der Waals surface area (Å²) in [6.07, 6.45) is 1.20. The Morgan fingerprint density at radius 3 is 2.71 bits per heavy atom. The van der Waals surface area contributed by atoms with Gasteiger partial charge in [0.2, 0.25) is 0 Å². The number of rotatable bonds is 1. The molecule has 70 valence electrons.